The van der Waals surface area contributed by atoms with E-state index in [0.29, 0.717) is 77.3 Å². The van der Waals surface area contributed by atoms with E-state index in [9.17, 15) is 4.57 Å². The van der Waals surface area contributed by atoms with Gasteiger partial charge in [0.2, 0.25) is 0 Å². The van der Waals surface area contributed by atoms with Crippen molar-refractivity contribution >= 4 is 40.1 Å². The normalized spacial score (nSPS) is 11.5. The van der Waals surface area contributed by atoms with Crippen molar-refractivity contribution in [2.75, 3.05) is 39.5 Å². The van der Waals surface area contributed by atoms with Gasteiger partial charge in [-0.25, -0.2) is 0 Å². The van der Waals surface area contributed by atoms with Gasteiger partial charge in [0.1, 0.15) is 24.7 Å². The zero-order valence-electron chi connectivity index (χ0n) is 38.9. The third-order valence-corrected chi connectivity index (χ3v) is 13.3. The quantitative estimate of drug-likeness (QED) is 0.0337. The summed E-state index contributed by atoms with van der Waals surface area (Å²) in [6, 6.07) is 29.9. The fourth-order valence-electron chi connectivity index (χ4n) is 7.71. The molecule has 0 aliphatic carbocycles. The van der Waals surface area contributed by atoms with Crippen LogP contribution < -0.4 is 20.1 Å². The smallest absolute Gasteiger partial charge is 0.493 e. The lowest BCUT2D eigenvalue weighted by molar-refractivity contribution is 0.220. The molecule has 0 amide bonds. The first-order chi connectivity index (χ1) is 32.1. The lowest BCUT2D eigenvalue weighted by Gasteiger charge is -2.13. The van der Waals surface area contributed by atoms with E-state index in [4.69, 9.17) is 27.4 Å². The Morgan fingerprint density at radius 2 is 0.985 bits per heavy atom. The maximum absolute atomic E-state index is 12.4. The van der Waals surface area contributed by atoms with Gasteiger partial charge < -0.3 is 28.9 Å². The molecule has 0 aliphatic heterocycles. The first-order valence-corrected chi connectivity index (χ1v) is 26.0. The van der Waals surface area contributed by atoms with Crippen molar-refractivity contribution in [3.63, 3.8) is 0 Å². The summed E-state index contributed by atoms with van der Waals surface area (Å²) >= 11 is 7.52. The second-order valence-corrected chi connectivity index (χ2v) is 20.3. The van der Waals surface area contributed by atoms with Crippen LogP contribution in [0, 0.1) is 11.8 Å². The van der Waals surface area contributed by atoms with E-state index < -0.39 is 8.25 Å². The molecule has 2 heterocycles. The van der Waals surface area contributed by atoms with E-state index in [2.05, 4.69) is 131 Å². The van der Waals surface area contributed by atoms with Gasteiger partial charge in [0.25, 0.3) is 0 Å². The van der Waals surface area contributed by atoms with E-state index in [1.165, 1.54) is 31.2 Å². The average Bonchev–Trinajstić information content (AvgIpc) is 4.05. The van der Waals surface area contributed by atoms with Crippen LogP contribution >= 0.6 is 40.1 Å². The zero-order chi connectivity index (χ0) is 46.5. The number of benzene rings is 4. The SMILES string of the molecule is CC(C)Cc1ccc(CCCOc2ccc(CNCCCO[P+](=O)OCCCNCc3ccc(OCCCc4ccc(CC(C)C)c(Br)c4)c(-c4ccoc4)c3)cc2-c2ccoc2)cc1Br. The predicted molar refractivity (Wildman–Crippen MR) is 273 cm³/mol. The number of rotatable bonds is 30. The molecule has 0 fully saturated rings. The first-order valence-electron chi connectivity index (χ1n) is 23.4. The molecule has 0 saturated heterocycles. The van der Waals surface area contributed by atoms with Crippen LogP contribution in [-0.4, -0.2) is 39.5 Å². The van der Waals surface area contributed by atoms with Gasteiger partial charge in [-0.2, -0.15) is 0 Å². The lowest BCUT2D eigenvalue weighted by atomic mass is 10.0. The molecule has 0 spiro atoms. The molecule has 6 rings (SSSR count). The molecule has 66 heavy (non-hydrogen) atoms. The molecule has 4 aromatic carbocycles. The Kier molecular flexibility index (Phi) is 21.5. The molecule has 12 heteroatoms. The minimum Gasteiger partial charge on any atom is -0.493 e. The van der Waals surface area contributed by atoms with Gasteiger partial charge in [-0.15, -0.1) is 9.05 Å². The molecule has 2 N–H and O–H groups in total. The summed E-state index contributed by atoms with van der Waals surface area (Å²) in [5.74, 6) is 2.93. The van der Waals surface area contributed by atoms with Gasteiger partial charge in [0.05, 0.1) is 38.3 Å². The maximum atomic E-state index is 12.4. The lowest BCUT2D eigenvalue weighted by Crippen LogP contribution is -2.16. The molecule has 2 aromatic heterocycles. The van der Waals surface area contributed by atoms with Crippen LogP contribution in [-0.2, 0) is 52.4 Å². The van der Waals surface area contributed by atoms with Gasteiger partial charge in [-0.05, 0) is 158 Å². The molecule has 352 valence electrons. The van der Waals surface area contributed by atoms with Gasteiger partial charge in [-0.3, -0.25) is 0 Å². The van der Waals surface area contributed by atoms with Crippen molar-refractivity contribution in [3.8, 4) is 33.8 Å². The van der Waals surface area contributed by atoms with E-state index in [1.54, 1.807) is 25.1 Å². The van der Waals surface area contributed by atoms with Crippen molar-refractivity contribution in [1.82, 2.24) is 10.6 Å². The van der Waals surface area contributed by atoms with Crippen LogP contribution in [0.25, 0.3) is 22.3 Å². The van der Waals surface area contributed by atoms with Crippen LogP contribution in [0.4, 0.5) is 0 Å². The summed E-state index contributed by atoms with van der Waals surface area (Å²) in [4.78, 5) is 0. The largest absolute Gasteiger partial charge is 0.697 e. The highest BCUT2D eigenvalue weighted by molar-refractivity contribution is 9.10. The van der Waals surface area contributed by atoms with Crippen LogP contribution in [0.1, 0.15) is 86.8 Å². The predicted octanol–water partition coefficient (Wildman–Crippen LogP) is 14.5. The van der Waals surface area contributed by atoms with Crippen LogP contribution in [0.3, 0.4) is 0 Å². The molecule has 0 radical (unpaired) electrons. The Balaban J connectivity index is 0.831. The van der Waals surface area contributed by atoms with Crippen LogP contribution in [0.15, 0.2) is 128 Å². The zero-order valence-corrected chi connectivity index (χ0v) is 43.0. The minimum absolute atomic E-state index is 0.343. The van der Waals surface area contributed by atoms with Crippen LogP contribution in [0.2, 0.25) is 0 Å². The second-order valence-electron chi connectivity index (χ2n) is 17.6. The van der Waals surface area contributed by atoms with Crippen LogP contribution in [0.5, 0.6) is 11.5 Å². The van der Waals surface area contributed by atoms with Crippen molar-refractivity contribution in [1.29, 1.82) is 0 Å². The molecule has 6 aromatic rings. The Hall–Kier alpha value is -4.06. The summed E-state index contributed by atoms with van der Waals surface area (Å²) in [6.07, 6.45) is 14.1. The van der Waals surface area contributed by atoms with Crippen molar-refractivity contribution < 1.29 is 31.9 Å². The minimum atomic E-state index is -2.18. The molecule has 9 nitrogen and oxygen atoms in total. The Bertz CT molecular complexity index is 2210. The van der Waals surface area contributed by atoms with Crippen molar-refractivity contribution in [2.45, 2.75) is 92.2 Å². The summed E-state index contributed by atoms with van der Waals surface area (Å²) in [7, 11) is -2.18. The fraction of sp³-hybridized carbons (Fsp3) is 0.407. The number of ether oxygens (including phenoxy) is 2. The van der Waals surface area contributed by atoms with Gasteiger partial charge in [0, 0.05) is 48.9 Å². The van der Waals surface area contributed by atoms with Gasteiger partial charge in [0.15, 0.2) is 0 Å². The average molecular weight is 1050 g/mol. The standard InChI is InChI=1S/C54H66Br2N2O7P/c1-39(2)29-45-15-11-41(33-51(45)55)9-5-23-62-53-17-13-43(31-49(53)47-19-27-60-37-47)35-57-21-7-25-64-66(59)65-26-8-22-58-36-44-14-18-54(50(32-44)48-20-28-61-38-48)63-24-6-10-42-12-16-46(30-40(3)4)52(56)34-42/h11-20,27-28,31-34,37-40,57-58H,5-10,21-26,29-30,35-36H2,1-4H3/q+1. The highest BCUT2D eigenvalue weighted by Gasteiger charge is 2.19. The van der Waals surface area contributed by atoms with E-state index in [0.717, 1.165) is 83.4 Å². The number of nitrogens with one attached hydrogen (secondary N) is 2. The molecule has 0 aliphatic rings. The molecular weight excluding hydrogens is 979 g/mol. The topological polar surface area (TPSA) is 104 Å². The number of furan rings is 2. The molecular formula is C54H66Br2N2O7P+. The molecule has 0 atom stereocenters. The Morgan fingerprint density at radius 1 is 0.545 bits per heavy atom. The third kappa shape index (κ3) is 17.2. The Labute approximate surface area is 410 Å². The number of halogens is 2. The number of hydrogen-bond acceptors (Lipinski definition) is 9. The highest BCUT2D eigenvalue weighted by Crippen LogP contribution is 2.34. The van der Waals surface area contributed by atoms with Crippen molar-refractivity contribution in [3.05, 3.63) is 152 Å². The fourth-order valence-corrected chi connectivity index (χ4v) is 9.52. The summed E-state index contributed by atoms with van der Waals surface area (Å²) in [5.41, 5.74) is 11.6. The Morgan fingerprint density at radius 3 is 1.38 bits per heavy atom. The molecule has 0 unspecified atom stereocenters. The third-order valence-electron chi connectivity index (χ3n) is 11.0. The molecule has 0 saturated carbocycles. The summed E-state index contributed by atoms with van der Waals surface area (Å²) < 4.78 is 49.1. The van der Waals surface area contributed by atoms with E-state index >= 15 is 0 Å². The van der Waals surface area contributed by atoms with E-state index in [1.807, 2.05) is 24.3 Å². The molecule has 0 bridgehead atoms. The van der Waals surface area contributed by atoms with E-state index in [-0.39, 0.29) is 0 Å². The highest BCUT2D eigenvalue weighted by atomic mass is 79.9. The second kappa shape index (κ2) is 27.7. The van der Waals surface area contributed by atoms with Crippen molar-refractivity contribution in [2.24, 2.45) is 11.8 Å². The summed E-state index contributed by atoms with van der Waals surface area (Å²) in [6.45, 7) is 13.7. The number of hydrogen-bond donors (Lipinski definition) is 2. The van der Waals surface area contributed by atoms with Gasteiger partial charge in [-0.1, -0.05) is 96.0 Å². The maximum Gasteiger partial charge on any atom is 0.697 e. The summed E-state index contributed by atoms with van der Waals surface area (Å²) in [5, 5.41) is 6.94. The first kappa shape index (κ1) is 51.3. The van der Waals surface area contributed by atoms with Gasteiger partial charge >= 0.3 is 8.25 Å². The number of aryl methyl sites for hydroxylation is 2. The monoisotopic (exact) mass is 1040 g/mol.